The minimum atomic E-state index is -0.218. The lowest BCUT2D eigenvalue weighted by Crippen LogP contribution is -2.01. The lowest BCUT2D eigenvalue weighted by atomic mass is 10.0. The summed E-state index contributed by atoms with van der Waals surface area (Å²) >= 11 is 9.11. The van der Waals surface area contributed by atoms with E-state index in [2.05, 4.69) is 15.9 Å². The molecule has 0 heterocycles. The smallest absolute Gasteiger partial charge is 0.147 e. The first-order valence-electron chi connectivity index (χ1n) is 4.35. The molecular weight excluding hydrogens is 263 g/mol. The molecule has 0 aliphatic rings. The van der Waals surface area contributed by atoms with Crippen LogP contribution in [-0.2, 0) is 10.7 Å². The maximum Gasteiger partial charge on any atom is 0.147 e. The lowest BCUT2D eigenvalue weighted by molar-refractivity contribution is -0.116. The maximum atomic E-state index is 11.2. The Morgan fingerprint density at radius 3 is 2.64 bits per heavy atom. The Bertz CT molecular complexity index is 349. The van der Waals surface area contributed by atoms with E-state index in [-0.39, 0.29) is 10.6 Å². The van der Waals surface area contributed by atoms with Crippen LogP contribution in [0.1, 0.15) is 28.4 Å². The topological polar surface area (TPSA) is 17.1 Å². The number of benzene rings is 1. The van der Waals surface area contributed by atoms with Crippen molar-refractivity contribution in [1.29, 1.82) is 0 Å². The Morgan fingerprint density at radius 2 is 2.14 bits per heavy atom. The number of Topliss-reactive ketones (excluding diaryl/α,β-unsaturated/α-hetero) is 1. The lowest BCUT2D eigenvalue weighted by Gasteiger charge is -2.09. The van der Waals surface area contributed by atoms with Crippen LogP contribution >= 0.6 is 27.5 Å². The molecule has 0 saturated carbocycles. The van der Waals surface area contributed by atoms with Crippen LogP contribution in [0.5, 0.6) is 0 Å². The van der Waals surface area contributed by atoms with E-state index in [1.54, 1.807) is 6.92 Å². The van der Waals surface area contributed by atoms with Crippen molar-refractivity contribution in [3.05, 3.63) is 34.9 Å². The van der Waals surface area contributed by atoms with Gasteiger partial charge in [-0.15, -0.1) is 11.6 Å². The van der Waals surface area contributed by atoms with Crippen molar-refractivity contribution < 1.29 is 4.79 Å². The molecule has 0 spiro atoms. The van der Waals surface area contributed by atoms with Gasteiger partial charge < -0.3 is 0 Å². The van der Waals surface area contributed by atoms with Crippen molar-refractivity contribution in [2.75, 3.05) is 0 Å². The van der Waals surface area contributed by atoms with E-state index in [9.17, 15) is 4.79 Å². The Balaban J connectivity index is 3.08. The van der Waals surface area contributed by atoms with E-state index in [0.29, 0.717) is 5.88 Å². The van der Waals surface area contributed by atoms with Crippen LogP contribution in [0.15, 0.2) is 18.2 Å². The molecule has 0 radical (unpaired) electrons. The molecule has 0 bridgehead atoms. The molecule has 1 unspecified atom stereocenters. The van der Waals surface area contributed by atoms with Gasteiger partial charge in [0.1, 0.15) is 5.78 Å². The molecule has 0 aromatic heterocycles. The molecule has 0 aliphatic carbocycles. The fourth-order valence-corrected chi connectivity index (χ4v) is 1.77. The number of halogens is 2. The van der Waals surface area contributed by atoms with Gasteiger partial charge in [0, 0.05) is 5.88 Å². The van der Waals surface area contributed by atoms with E-state index < -0.39 is 0 Å². The summed E-state index contributed by atoms with van der Waals surface area (Å²) in [5, 5.41) is 0. The molecule has 76 valence electrons. The zero-order valence-electron chi connectivity index (χ0n) is 8.18. The van der Waals surface area contributed by atoms with Crippen molar-refractivity contribution >= 4 is 33.3 Å². The average molecular weight is 276 g/mol. The first-order valence-corrected chi connectivity index (χ1v) is 5.80. The normalized spacial score (nSPS) is 12.6. The van der Waals surface area contributed by atoms with Crippen molar-refractivity contribution in [2.24, 2.45) is 0 Å². The number of alkyl halides is 2. The summed E-state index contributed by atoms with van der Waals surface area (Å²) in [5.74, 6) is 0.586. The van der Waals surface area contributed by atoms with Gasteiger partial charge in [-0.05, 0) is 25.0 Å². The van der Waals surface area contributed by atoms with Gasteiger partial charge >= 0.3 is 0 Å². The highest BCUT2D eigenvalue weighted by atomic mass is 79.9. The second kappa shape index (κ2) is 4.94. The number of hydrogen-bond acceptors (Lipinski definition) is 1. The number of hydrogen-bond donors (Lipinski definition) is 0. The van der Waals surface area contributed by atoms with Crippen molar-refractivity contribution in [3.63, 3.8) is 0 Å². The van der Waals surface area contributed by atoms with Crippen molar-refractivity contribution in [3.8, 4) is 0 Å². The molecule has 1 nitrogen and oxygen atoms in total. The summed E-state index contributed by atoms with van der Waals surface area (Å²) in [7, 11) is 0. The van der Waals surface area contributed by atoms with Crippen molar-refractivity contribution in [1.82, 2.24) is 0 Å². The van der Waals surface area contributed by atoms with Crippen LogP contribution in [0.2, 0.25) is 0 Å². The molecule has 0 N–H and O–H groups in total. The molecule has 1 rings (SSSR count). The minimum absolute atomic E-state index is 0.108. The van der Waals surface area contributed by atoms with Crippen LogP contribution < -0.4 is 0 Å². The van der Waals surface area contributed by atoms with Gasteiger partial charge in [0.15, 0.2) is 0 Å². The molecule has 0 aliphatic heterocycles. The van der Waals surface area contributed by atoms with Gasteiger partial charge in [-0.1, -0.05) is 39.7 Å². The first-order chi connectivity index (χ1) is 6.54. The van der Waals surface area contributed by atoms with Gasteiger partial charge in [0.05, 0.1) is 4.83 Å². The molecule has 0 amide bonds. The molecule has 1 atom stereocenters. The summed E-state index contributed by atoms with van der Waals surface area (Å²) < 4.78 is 0. The Kier molecular flexibility index (Phi) is 4.14. The summed E-state index contributed by atoms with van der Waals surface area (Å²) in [6.07, 6.45) is 0. The molecule has 14 heavy (non-hydrogen) atoms. The highest BCUT2D eigenvalue weighted by molar-refractivity contribution is 9.09. The number of rotatable bonds is 3. The monoisotopic (exact) mass is 274 g/mol. The molecule has 1 aromatic rings. The predicted octanol–water partition coefficient (Wildman–Crippen LogP) is 3.76. The molecule has 1 aromatic carbocycles. The van der Waals surface area contributed by atoms with E-state index in [0.717, 1.165) is 16.7 Å². The molecule has 0 fully saturated rings. The number of ketones is 1. The summed E-state index contributed by atoms with van der Waals surface area (Å²) in [4.78, 5) is 11.0. The molecule has 0 saturated heterocycles. The van der Waals surface area contributed by atoms with Crippen LogP contribution in [0.25, 0.3) is 0 Å². The van der Waals surface area contributed by atoms with Crippen LogP contribution in [0.4, 0.5) is 0 Å². The second-order valence-electron chi connectivity index (χ2n) is 3.36. The van der Waals surface area contributed by atoms with Gasteiger partial charge in [-0.25, -0.2) is 0 Å². The first kappa shape index (κ1) is 11.7. The summed E-state index contributed by atoms with van der Waals surface area (Å²) in [6, 6.07) is 5.98. The number of carbonyl (C=O) groups is 1. The largest absolute Gasteiger partial charge is 0.298 e. The minimum Gasteiger partial charge on any atom is -0.298 e. The number of aryl methyl sites for hydroxylation is 1. The maximum absolute atomic E-state index is 11.2. The van der Waals surface area contributed by atoms with Gasteiger partial charge in [-0.2, -0.15) is 0 Å². The fraction of sp³-hybridized carbons (Fsp3) is 0.364. The molecule has 3 heteroatoms. The van der Waals surface area contributed by atoms with E-state index in [1.807, 2.05) is 25.1 Å². The Labute approximate surface area is 97.6 Å². The van der Waals surface area contributed by atoms with Crippen molar-refractivity contribution in [2.45, 2.75) is 24.6 Å². The zero-order chi connectivity index (χ0) is 10.7. The third kappa shape index (κ3) is 2.82. The van der Waals surface area contributed by atoms with E-state index in [1.165, 1.54) is 0 Å². The standard InChI is InChI=1S/C11H12BrClO/c1-7-3-9(6-13)5-10(4-7)11(12)8(2)14/h3-5,11H,6H2,1-2H3. The second-order valence-corrected chi connectivity index (χ2v) is 4.54. The van der Waals surface area contributed by atoms with E-state index >= 15 is 0 Å². The highest BCUT2D eigenvalue weighted by Crippen LogP contribution is 2.26. The highest BCUT2D eigenvalue weighted by Gasteiger charge is 2.13. The van der Waals surface area contributed by atoms with Gasteiger partial charge in [0.2, 0.25) is 0 Å². The Hall–Kier alpha value is -0.340. The third-order valence-electron chi connectivity index (χ3n) is 1.96. The molecular formula is C11H12BrClO. The average Bonchev–Trinajstić information content (AvgIpc) is 2.15. The van der Waals surface area contributed by atoms with E-state index in [4.69, 9.17) is 11.6 Å². The quantitative estimate of drug-likeness (QED) is 0.768. The van der Waals surface area contributed by atoms with Crippen LogP contribution in [0.3, 0.4) is 0 Å². The zero-order valence-corrected chi connectivity index (χ0v) is 10.5. The Morgan fingerprint density at radius 1 is 1.50 bits per heavy atom. The number of carbonyl (C=O) groups excluding carboxylic acids is 1. The SMILES string of the molecule is CC(=O)C(Br)c1cc(C)cc(CCl)c1. The van der Waals surface area contributed by atoms with Gasteiger partial charge in [0.25, 0.3) is 0 Å². The third-order valence-corrected chi connectivity index (χ3v) is 3.45. The fourth-order valence-electron chi connectivity index (χ4n) is 1.35. The van der Waals surface area contributed by atoms with Crippen LogP contribution in [-0.4, -0.2) is 5.78 Å². The predicted molar refractivity (Wildman–Crippen MR) is 63.1 cm³/mol. The summed E-state index contributed by atoms with van der Waals surface area (Å²) in [5.41, 5.74) is 3.16. The summed E-state index contributed by atoms with van der Waals surface area (Å²) in [6.45, 7) is 3.57. The van der Waals surface area contributed by atoms with Gasteiger partial charge in [-0.3, -0.25) is 4.79 Å². The van der Waals surface area contributed by atoms with Crippen LogP contribution in [0, 0.1) is 6.92 Å².